The second-order valence-corrected chi connectivity index (χ2v) is 6.16. The Morgan fingerprint density at radius 3 is 2.32 bits per heavy atom. The highest BCUT2D eigenvalue weighted by Gasteiger charge is 2.29. The highest BCUT2D eigenvalue weighted by molar-refractivity contribution is 6.02. The van der Waals surface area contributed by atoms with Gasteiger partial charge in [-0.15, -0.1) is 0 Å². The number of carbonyl (C=O) groups excluding carboxylic acids is 1. The normalized spacial score (nSPS) is 13.0. The Morgan fingerprint density at radius 1 is 1.07 bits per heavy atom. The summed E-state index contributed by atoms with van der Waals surface area (Å²) in [5, 5.41) is 11.1. The van der Waals surface area contributed by atoms with Crippen LogP contribution in [0, 0.1) is 10.1 Å². The molecule has 0 saturated heterocycles. The number of nitro groups is 1. The molecule has 0 N–H and O–H groups in total. The van der Waals surface area contributed by atoms with Crippen LogP contribution in [0.5, 0.6) is 17.2 Å². The van der Waals surface area contributed by atoms with Crippen LogP contribution in [0.1, 0.15) is 21.5 Å². The fraction of sp³-hybridized carbons (Fsp3) is 0.250. The van der Waals surface area contributed by atoms with Gasteiger partial charge >= 0.3 is 0 Å². The summed E-state index contributed by atoms with van der Waals surface area (Å²) in [6, 6.07) is 7.58. The summed E-state index contributed by atoms with van der Waals surface area (Å²) in [4.78, 5) is 25.2. The van der Waals surface area contributed by atoms with E-state index in [2.05, 4.69) is 6.58 Å². The quantitative estimate of drug-likeness (QED) is 0.580. The maximum Gasteiger partial charge on any atom is 0.270 e. The molecule has 1 aliphatic rings. The van der Waals surface area contributed by atoms with Crippen LogP contribution in [0.25, 0.3) is 5.70 Å². The maximum absolute atomic E-state index is 13.2. The summed E-state index contributed by atoms with van der Waals surface area (Å²) in [5.74, 6) is 0.992. The van der Waals surface area contributed by atoms with E-state index < -0.39 is 10.8 Å². The average Bonchev–Trinajstić information content (AvgIpc) is 2.72. The van der Waals surface area contributed by atoms with Crippen LogP contribution < -0.4 is 14.2 Å². The van der Waals surface area contributed by atoms with Crippen LogP contribution in [0.3, 0.4) is 0 Å². The molecule has 0 spiro atoms. The number of amides is 1. The van der Waals surface area contributed by atoms with Gasteiger partial charge in [-0.3, -0.25) is 14.9 Å². The molecule has 0 aromatic heterocycles. The van der Waals surface area contributed by atoms with Gasteiger partial charge in [0.25, 0.3) is 11.6 Å². The first kappa shape index (κ1) is 19.2. The number of hydrogen-bond donors (Lipinski definition) is 0. The third-order valence-electron chi connectivity index (χ3n) is 4.72. The van der Waals surface area contributed by atoms with Crippen molar-refractivity contribution in [3.8, 4) is 17.2 Å². The monoisotopic (exact) mass is 384 g/mol. The van der Waals surface area contributed by atoms with Crippen LogP contribution in [0.4, 0.5) is 5.69 Å². The van der Waals surface area contributed by atoms with Gasteiger partial charge < -0.3 is 19.1 Å². The Balaban J connectivity index is 2.00. The first-order chi connectivity index (χ1) is 13.4. The predicted molar refractivity (Wildman–Crippen MR) is 103 cm³/mol. The lowest BCUT2D eigenvalue weighted by molar-refractivity contribution is -0.384. The van der Waals surface area contributed by atoms with E-state index >= 15 is 0 Å². The lowest BCUT2D eigenvalue weighted by Crippen LogP contribution is -2.35. The van der Waals surface area contributed by atoms with E-state index in [-0.39, 0.29) is 17.0 Å². The van der Waals surface area contributed by atoms with Crippen molar-refractivity contribution in [2.24, 2.45) is 0 Å². The van der Waals surface area contributed by atoms with E-state index in [1.807, 2.05) is 6.07 Å². The minimum Gasteiger partial charge on any atom is -0.496 e. The minimum absolute atomic E-state index is 0.113. The molecule has 146 valence electrons. The van der Waals surface area contributed by atoms with Crippen molar-refractivity contribution in [1.29, 1.82) is 0 Å². The number of non-ortho nitro benzene ring substituents is 1. The number of ether oxygens (including phenoxy) is 3. The summed E-state index contributed by atoms with van der Waals surface area (Å²) in [6.45, 7) is 4.44. The number of benzene rings is 2. The molecule has 28 heavy (non-hydrogen) atoms. The molecule has 8 heteroatoms. The number of fused-ring (bicyclic) bond motifs is 1. The molecule has 1 amide bonds. The van der Waals surface area contributed by atoms with Crippen molar-refractivity contribution >= 4 is 17.3 Å². The zero-order chi connectivity index (χ0) is 20.4. The largest absolute Gasteiger partial charge is 0.496 e. The fourth-order valence-corrected chi connectivity index (χ4v) is 3.26. The Bertz CT molecular complexity index is 969. The van der Waals surface area contributed by atoms with Gasteiger partial charge in [-0.1, -0.05) is 6.58 Å². The highest BCUT2D eigenvalue weighted by Crippen LogP contribution is 2.38. The Labute approximate surface area is 162 Å². The van der Waals surface area contributed by atoms with Crippen LogP contribution in [-0.2, 0) is 6.42 Å². The van der Waals surface area contributed by atoms with Gasteiger partial charge in [0.2, 0.25) is 0 Å². The first-order valence-electron chi connectivity index (χ1n) is 8.49. The SMILES string of the molecule is C=C1c2cc(OC)c(OC)cc2CCN1C(=O)c1cc([N+](=O)[O-])ccc1OC. The summed E-state index contributed by atoms with van der Waals surface area (Å²) >= 11 is 0. The molecular formula is C20H20N2O6. The minimum atomic E-state index is -0.548. The summed E-state index contributed by atoms with van der Waals surface area (Å²) in [7, 11) is 4.51. The van der Waals surface area contributed by atoms with Gasteiger partial charge in [0.1, 0.15) is 5.75 Å². The van der Waals surface area contributed by atoms with Crippen molar-refractivity contribution in [3.63, 3.8) is 0 Å². The van der Waals surface area contributed by atoms with Gasteiger partial charge in [0.15, 0.2) is 11.5 Å². The predicted octanol–water partition coefficient (Wildman–Crippen LogP) is 3.29. The molecule has 2 aromatic carbocycles. The second-order valence-electron chi connectivity index (χ2n) is 6.16. The number of carbonyl (C=O) groups is 1. The summed E-state index contributed by atoms with van der Waals surface area (Å²) in [6.07, 6.45) is 0.581. The van der Waals surface area contributed by atoms with Gasteiger partial charge in [-0.25, -0.2) is 0 Å². The molecule has 0 fully saturated rings. The number of nitrogens with zero attached hydrogens (tertiary/aromatic N) is 2. The van der Waals surface area contributed by atoms with Gasteiger partial charge in [-0.05, 0) is 30.2 Å². The van der Waals surface area contributed by atoms with Crippen molar-refractivity contribution in [2.45, 2.75) is 6.42 Å². The lowest BCUT2D eigenvalue weighted by Gasteiger charge is -2.32. The van der Waals surface area contributed by atoms with Crippen molar-refractivity contribution in [1.82, 2.24) is 4.90 Å². The van der Waals surface area contributed by atoms with E-state index in [1.54, 1.807) is 13.2 Å². The fourth-order valence-electron chi connectivity index (χ4n) is 3.26. The Hall–Kier alpha value is -3.55. The molecule has 1 heterocycles. The Morgan fingerprint density at radius 2 is 1.71 bits per heavy atom. The molecule has 0 unspecified atom stereocenters. The van der Waals surface area contributed by atoms with Crippen molar-refractivity contribution in [3.05, 3.63) is 63.7 Å². The van der Waals surface area contributed by atoms with E-state index in [9.17, 15) is 14.9 Å². The van der Waals surface area contributed by atoms with Gasteiger partial charge in [0, 0.05) is 29.9 Å². The van der Waals surface area contributed by atoms with E-state index in [1.165, 1.54) is 37.3 Å². The van der Waals surface area contributed by atoms with E-state index in [0.29, 0.717) is 30.2 Å². The Kier molecular flexibility index (Phi) is 5.21. The van der Waals surface area contributed by atoms with Crippen LogP contribution >= 0.6 is 0 Å². The van der Waals surface area contributed by atoms with Gasteiger partial charge in [0.05, 0.1) is 31.8 Å². The zero-order valence-electron chi connectivity index (χ0n) is 15.9. The molecule has 8 nitrogen and oxygen atoms in total. The highest BCUT2D eigenvalue weighted by atomic mass is 16.6. The molecule has 3 rings (SSSR count). The number of nitro benzene ring substituents is 1. The average molecular weight is 384 g/mol. The molecule has 0 aliphatic carbocycles. The number of hydrogen-bond acceptors (Lipinski definition) is 6. The molecule has 0 bridgehead atoms. The zero-order valence-corrected chi connectivity index (χ0v) is 15.9. The van der Waals surface area contributed by atoms with Crippen molar-refractivity contribution < 1.29 is 23.9 Å². The third-order valence-corrected chi connectivity index (χ3v) is 4.72. The van der Waals surface area contributed by atoms with Crippen LogP contribution in [0.2, 0.25) is 0 Å². The van der Waals surface area contributed by atoms with Crippen LogP contribution in [-0.4, -0.2) is 43.6 Å². The van der Waals surface area contributed by atoms with Crippen molar-refractivity contribution in [2.75, 3.05) is 27.9 Å². The standard InChI is InChI=1S/C20H20N2O6/c1-12-15-11-19(28-4)18(27-3)9-13(15)7-8-21(12)20(23)16-10-14(22(24)25)5-6-17(16)26-2/h5-6,9-11H,1,7-8H2,2-4H3. The number of rotatable bonds is 5. The molecule has 1 aliphatic heterocycles. The topological polar surface area (TPSA) is 91.1 Å². The molecule has 0 radical (unpaired) electrons. The molecule has 0 atom stereocenters. The summed E-state index contributed by atoms with van der Waals surface area (Å²) in [5.41, 5.74) is 2.17. The lowest BCUT2D eigenvalue weighted by atomic mass is 9.95. The smallest absolute Gasteiger partial charge is 0.270 e. The van der Waals surface area contributed by atoms with Gasteiger partial charge in [-0.2, -0.15) is 0 Å². The van der Waals surface area contributed by atoms with E-state index in [4.69, 9.17) is 14.2 Å². The first-order valence-corrected chi connectivity index (χ1v) is 8.49. The maximum atomic E-state index is 13.2. The molecule has 2 aromatic rings. The second kappa shape index (κ2) is 7.59. The molecular weight excluding hydrogens is 364 g/mol. The molecule has 0 saturated carbocycles. The number of methoxy groups -OCH3 is 3. The van der Waals surface area contributed by atoms with Crippen LogP contribution in [0.15, 0.2) is 36.9 Å². The summed E-state index contributed by atoms with van der Waals surface area (Å²) < 4.78 is 15.9. The van der Waals surface area contributed by atoms with E-state index in [0.717, 1.165) is 11.1 Å². The third kappa shape index (κ3) is 3.24.